The maximum atomic E-state index is 11.9. The fraction of sp³-hybridized carbons (Fsp3) is 0.267. The topological polar surface area (TPSA) is 93.5 Å². The first-order valence-electron chi connectivity index (χ1n) is 6.78. The lowest BCUT2D eigenvalue weighted by molar-refractivity contribution is -0.116. The maximum absolute atomic E-state index is 11.9. The van der Waals surface area contributed by atoms with E-state index in [0.717, 1.165) is 5.69 Å². The first-order chi connectivity index (χ1) is 10.5. The molecule has 0 saturated carbocycles. The number of carbonyl (C=O) groups excluding carboxylic acids is 2. The van der Waals surface area contributed by atoms with Gasteiger partial charge in [-0.1, -0.05) is 0 Å². The summed E-state index contributed by atoms with van der Waals surface area (Å²) in [5.41, 5.74) is 1.28. The molecule has 2 aromatic rings. The molecule has 0 bridgehead atoms. The van der Waals surface area contributed by atoms with Crippen molar-refractivity contribution in [3.8, 4) is 5.75 Å². The van der Waals surface area contributed by atoms with E-state index in [2.05, 4.69) is 10.3 Å². The number of aryl methyl sites for hydroxylation is 1. The highest BCUT2D eigenvalue weighted by molar-refractivity contribution is 5.95. The summed E-state index contributed by atoms with van der Waals surface area (Å²) in [7, 11) is 0. The van der Waals surface area contributed by atoms with Crippen LogP contribution in [-0.4, -0.2) is 33.1 Å². The number of rotatable bonds is 5. The number of carbonyl (C=O) groups is 2. The number of aromatic nitrogens is 2. The van der Waals surface area contributed by atoms with Crippen LogP contribution in [0.3, 0.4) is 0 Å². The van der Waals surface area contributed by atoms with Gasteiger partial charge in [0, 0.05) is 18.0 Å². The number of nitrogens with zero attached hydrogens (tertiary/aromatic N) is 2. The van der Waals surface area contributed by atoms with Crippen LogP contribution in [0.15, 0.2) is 30.7 Å². The number of aromatic hydroxyl groups is 1. The Kier molecular flexibility index (Phi) is 4.77. The van der Waals surface area contributed by atoms with Gasteiger partial charge in [-0.25, -0.2) is 9.78 Å². The van der Waals surface area contributed by atoms with E-state index in [9.17, 15) is 14.7 Å². The Morgan fingerprint density at radius 1 is 1.41 bits per heavy atom. The summed E-state index contributed by atoms with van der Waals surface area (Å²) in [6, 6.07) is 4.25. The number of ether oxygens (including phenoxy) is 1. The van der Waals surface area contributed by atoms with Crippen molar-refractivity contribution in [2.45, 2.75) is 20.4 Å². The van der Waals surface area contributed by atoms with E-state index >= 15 is 0 Å². The predicted octanol–water partition coefficient (Wildman–Crippen LogP) is 1.71. The van der Waals surface area contributed by atoms with Gasteiger partial charge in [-0.2, -0.15) is 0 Å². The first-order valence-corrected chi connectivity index (χ1v) is 6.78. The average Bonchev–Trinajstić information content (AvgIpc) is 2.84. The summed E-state index contributed by atoms with van der Waals surface area (Å²) >= 11 is 0. The first kappa shape index (κ1) is 15.6. The number of anilines is 1. The fourth-order valence-electron chi connectivity index (χ4n) is 1.92. The molecular weight excluding hydrogens is 286 g/mol. The number of phenolic OH excluding ortho intramolecular Hbond substituents is 1. The molecule has 0 aliphatic rings. The molecule has 0 spiro atoms. The third kappa shape index (κ3) is 3.85. The summed E-state index contributed by atoms with van der Waals surface area (Å²) in [6.07, 6.45) is 3.32. The van der Waals surface area contributed by atoms with Crippen molar-refractivity contribution in [1.82, 2.24) is 9.55 Å². The Morgan fingerprint density at radius 3 is 2.77 bits per heavy atom. The minimum atomic E-state index is -0.605. The number of imidazole rings is 1. The van der Waals surface area contributed by atoms with Crippen LogP contribution in [0.5, 0.6) is 5.75 Å². The molecule has 1 aromatic heterocycles. The number of benzene rings is 1. The molecule has 7 heteroatoms. The van der Waals surface area contributed by atoms with Gasteiger partial charge in [0.1, 0.15) is 17.9 Å². The molecule has 0 saturated heterocycles. The van der Waals surface area contributed by atoms with Crippen LogP contribution in [0.1, 0.15) is 23.0 Å². The van der Waals surface area contributed by atoms with Crippen molar-refractivity contribution in [2.24, 2.45) is 0 Å². The minimum absolute atomic E-state index is 0.0603. The average molecular weight is 303 g/mol. The highest BCUT2D eigenvalue weighted by atomic mass is 16.5. The van der Waals surface area contributed by atoms with Gasteiger partial charge in [0.2, 0.25) is 5.91 Å². The van der Waals surface area contributed by atoms with Gasteiger partial charge < -0.3 is 19.7 Å². The zero-order valence-corrected chi connectivity index (χ0v) is 12.4. The minimum Gasteiger partial charge on any atom is -0.507 e. The van der Waals surface area contributed by atoms with Crippen LogP contribution >= 0.6 is 0 Å². The third-order valence-corrected chi connectivity index (χ3v) is 2.87. The van der Waals surface area contributed by atoms with Gasteiger partial charge in [0.25, 0.3) is 0 Å². The van der Waals surface area contributed by atoms with Crippen molar-refractivity contribution >= 4 is 17.6 Å². The van der Waals surface area contributed by atoms with Crippen molar-refractivity contribution in [3.05, 3.63) is 42.0 Å². The summed E-state index contributed by atoms with van der Waals surface area (Å²) in [5.74, 6) is -1.11. The van der Waals surface area contributed by atoms with E-state index in [1.807, 2.05) is 6.92 Å². The third-order valence-electron chi connectivity index (χ3n) is 2.87. The zero-order valence-electron chi connectivity index (χ0n) is 12.4. The van der Waals surface area contributed by atoms with E-state index in [0.29, 0.717) is 5.69 Å². The van der Waals surface area contributed by atoms with Gasteiger partial charge >= 0.3 is 5.97 Å². The molecule has 1 aromatic carbocycles. The number of hydrogen-bond donors (Lipinski definition) is 2. The lowest BCUT2D eigenvalue weighted by Gasteiger charge is -2.08. The second-order valence-corrected chi connectivity index (χ2v) is 4.69. The molecule has 1 amide bonds. The van der Waals surface area contributed by atoms with E-state index in [1.54, 1.807) is 24.0 Å². The van der Waals surface area contributed by atoms with Crippen LogP contribution < -0.4 is 5.32 Å². The summed E-state index contributed by atoms with van der Waals surface area (Å²) in [4.78, 5) is 27.5. The smallest absolute Gasteiger partial charge is 0.341 e. The monoisotopic (exact) mass is 303 g/mol. The molecular formula is C15H17N3O4. The second kappa shape index (κ2) is 6.75. The molecule has 2 rings (SSSR count). The van der Waals surface area contributed by atoms with Crippen molar-refractivity contribution < 1.29 is 19.4 Å². The molecule has 0 atom stereocenters. The quantitative estimate of drug-likeness (QED) is 0.820. The molecule has 22 heavy (non-hydrogen) atoms. The van der Waals surface area contributed by atoms with Gasteiger partial charge in [0.15, 0.2) is 0 Å². The van der Waals surface area contributed by atoms with Gasteiger partial charge in [-0.15, -0.1) is 0 Å². The summed E-state index contributed by atoms with van der Waals surface area (Å²) in [6.45, 7) is 3.85. The lowest BCUT2D eigenvalue weighted by Crippen LogP contribution is -2.18. The molecule has 1 heterocycles. The van der Waals surface area contributed by atoms with Gasteiger partial charge in [0.05, 0.1) is 18.6 Å². The Hall–Kier alpha value is -2.83. The fourth-order valence-corrected chi connectivity index (χ4v) is 1.92. The Labute approximate surface area is 127 Å². The predicted molar refractivity (Wildman–Crippen MR) is 79.7 cm³/mol. The van der Waals surface area contributed by atoms with E-state index in [1.165, 1.54) is 18.2 Å². The standard InChI is InChI=1S/C15H17N3O4/c1-3-22-15(21)12-5-4-11(6-13(12)19)17-14(20)8-18-7-10(2)16-9-18/h4-7,9,19H,3,8H2,1-2H3,(H,17,20). The number of nitrogens with one attached hydrogen (secondary N) is 1. The molecule has 0 fully saturated rings. The van der Waals surface area contributed by atoms with Gasteiger partial charge in [-0.05, 0) is 26.0 Å². The van der Waals surface area contributed by atoms with Crippen molar-refractivity contribution in [2.75, 3.05) is 11.9 Å². The molecule has 0 aliphatic carbocycles. The summed E-state index contributed by atoms with van der Waals surface area (Å²) < 4.78 is 6.46. The van der Waals surface area contributed by atoms with E-state index < -0.39 is 5.97 Å². The van der Waals surface area contributed by atoms with Crippen LogP contribution in [0.4, 0.5) is 5.69 Å². The normalized spacial score (nSPS) is 10.3. The highest BCUT2D eigenvalue weighted by Crippen LogP contribution is 2.22. The number of amides is 1. The number of esters is 1. The Balaban J connectivity index is 2.02. The molecule has 116 valence electrons. The van der Waals surface area contributed by atoms with E-state index in [4.69, 9.17) is 4.74 Å². The van der Waals surface area contributed by atoms with Gasteiger partial charge in [-0.3, -0.25) is 4.79 Å². The maximum Gasteiger partial charge on any atom is 0.341 e. The highest BCUT2D eigenvalue weighted by Gasteiger charge is 2.13. The van der Waals surface area contributed by atoms with Crippen molar-refractivity contribution in [1.29, 1.82) is 0 Å². The molecule has 0 radical (unpaired) electrons. The number of phenols is 1. The molecule has 0 aliphatic heterocycles. The molecule has 7 nitrogen and oxygen atoms in total. The van der Waals surface area contributed by atoms with Crippen LogP contribution in [0, 0.1) is 6.92 Å². The Morgan fingerprint density at radius 2 is 2.18 bits per heavy atom. The van der Waals surface area contributed by atoms with E-state index in [-0.39, 0.29) is 30.4 Å². The molecule has 0 unspecified atom stereocenters. The zero-order chi connectivity index (χ0) is 16.1. The molecule has 2 N–H and O–H groups in total. The summed E-state index contributed by atoms with van der Waals surface area (Å²) in [5, 5.41) is 12.5. The largest absolute Gasteiger partial charge is 0.507 e. The lowest BCUT2D eigenvalue weighted by atomic mass is 10.2. The van der Waals surface area contributed by atoms with Crippen molar-refractivity contribution in [3.63, 3.8) is 0 Å². The Bertz CT molecular complexity index is 694. The SMILES string of the molecule is CCOC(=O)c1ccc(NC(=O)Cn2cnc(C)c2)cc1O. The van der Waals surface area contributed by atoms with Crippen LogP contribution in [0.25, 0.3) is 0 Å². The van der Waals surface area contributed by atoms with Crippen LogP contribution in [-0.2, 0) is 16.1 Å². The number of hydrogen-bond acceptors (Lipinski definition) is 5. The second-order valence-electron chi connectivity index (χ2n) is 4.69. The van der Waals surface area contributed by atoms with Crippen LogP contribution in [0.2, 0.25) is 0 Å².